The van der Waals surface area contributed by atoms with Gasteiger partial charge in [0.05, 0.1) is 17.1 Å². The molecule has 1 fully saturated rings. The molecule has 1 unspecified atom stereocenters. The van der Waals surface area contributed by atoms with Crippen molar-refractivity contribution in [2.45, 2.75) is 25.5 Å². The molecule has 7 heteroatoms. The van der Waals surface area contributed by atoms with Gasteiger partial charge in [0.1, 0.15) is 11.6 Å². The Morgan fingerprint density at radius 2 is 2.35 bits per heavy atom. The third-order valence-electron chi connectivity index (χ3n) is 3.28. The second kappa shape index (κ2) is 6.78. The first-order valence-electron chi connectivity index (χ1n) is 6.91. The molecule has 1 saturated heterocycles. The van der Waals surface area contributed by atoms with Crippen LogP contribution in [0, 0.1) is 10.1 Å². The molecule has 0 aromatic carbocycles. The molecule has 1 aliphatic heterocycles. The molecule has 1 aromatic heterocycles. The molecule has 20 heavy (non-hydrogen) atoms. The lowest BCUT2D eigenvalue weighted by Gasteiger charge is -2.32. The summed E-state index contributed by atoms with van der Waals surface area (Å²) in [6, 6.07) is 3.06. The number of thioether (sulfide) groups is 1. The number of rotatable bonds is 5. The van der Waals surface area contributed by atoms with E-state index in [1.807, 2.05) is 18.7 Å². The molecule has 2 heterocycles. The highest BCUT2D eigenvalue weighted by atomic mass is 32.2. The summed E-state index contributed by atoms with van der Waals surface area (Å²) in [4.78, 5) is 17.3. The second-order valence-corrected chi connectivity index (χ2v) is 6.11. The molecule has 1 atom stereocenters. The first-order valence-corrected chi connectivity index (χ1v) is 7.95. The van der Waals surface area contributed by atoms with E-state index in [1.165, 1.54) is 6.07 Å². The highest BCUT2D eigenvalue weighted by Gasteiger charge is 2.22. The quantitative estimate of drug-likeness (QED) is 0.665. The Kier molecular flexibility index (Phi) is 5.05. The van der Waals surface area contributed by atoms with Gasteiger partial charge in [-0.15, -0.1) is 0 Å². The van der Waals surface area contributed by atoms with Gasteiger partial charge in [0, 0.05) is 30.6 Å². The Bertz CT molecular complexity index is 483. The van der Waals surface area contributed by atoms with Crippen molar-refractivity contribution in [2.24, 2.45) is 0 Å². The van der Waals surface area contributed by atoms with Crippen LogP contribution < -0.4 is 10.2 Å². The Morgan fingerprint density at radius 3 is 3.00 bits per heavy atom. The van der Waals surface area contributed by atoms with Crippen LogP contribution in [0.25, 0.3) is 0 Å². The van der Waals surface area contributed by atoms with Gasteiger partial charge in [-0.1, -0.05) is 6.92 Å². The third-order valence-corrected chi connectivity index (χ3v) is 4.66. The fourth-order valence-corrected chi connectivity index (χ4v) is 3.40. The molecule has 0 amide bonds. The lowest BCUT2D eigenvalue weighted by atomic mass is 10.2. The number of aromatic nitrogens is 1. The van der Waals surface area contributed by atoms with Crippen molar-refractivity contribution in [3.8, 4) is 0 Å². The van der Waals surface area contributed by atoms with Crippen LogP contribution in [0.1, 0.15) is 20.3 Å². The van der Waals surface area contributed by atoms with E-state index >= 15 is 0 Å². The summed E-state index contributed by atoms with van der Waals surface area (Å²) in [7, 11) is 0. The van der Waals surface area contributed by atoms with Gasteiger partial charge in [-0.3, -0.25) is 10.1 Å². The van der Waals surface area contributed by atoms with Gasteiger partial charge in [0.25, 0.3) is 5.69 Å². The molecule has 110 valence electrons. The maximum absolute atomic E-state index is 11.0. The van der Waals surface area contributed by atoms with Crippen molar-refractivity contribution in [2.75, 3.05) is 35.6 Å². The van der Waals surface area contributed by atoms with Crippen molar-refractivity contribution in [1.82, 2.24) is 4.98 Å². The highest BCUT2D eigenvalue weighted by molar-refractivity contribution is 8.00. The first kappa shape index (κ1) is 14.9. The number of anilines is 2. The standard InChI is InChI=1S/C13H20N4O2S/c1-3-11-9-16(5-6-20-11)13-8-10(17(18)19)7-12(15-13)14-4-2/h7-8,11H,3-6,9H2,1-2H3,(H,14,15). The van der Waals surface area contributed by atoms with E-state index in [0.29, 0.717) is 23.4 Å². The summed E-state index contributed by atoms with van der Waals surface area (Å²) in [5.41, 5.74) is 0.0947. The van der Waals surface area contributed by atoms with Gasteiger partial charge in [-0.2, -0.15) is 11.8 Å². The van der Waals surface area contributed by atoms with Crippen molar-refractivity contribution < 1.29 is 4.92 Å². The van der Waals surface area contributed by atoms with Crippen LogP contribution in [-0.2, 0) is 0 Å². The van der Waals surface area contributed by atoms with Crippen molar-refractivity contribution >= 4 is 29.1 Å². The molecule has 0 bridgehead atoms. The summed E-state index contributed by atoms with van der Waals surface area (Å²) < 4.78 is 0. The van der Waals surface area contributed by atoms with Gasteiger partial charge < -0.3 is 10.2 Å². The molecule has 1 aliphatic rings. The number of nitrogens with zero attached hydrogens (tertiary/aromatic N) is 3. The summed E-state index contributed by atoms with van der Waals surface area (Å²) in [5, 5.41) is 14.7. The van der Waals surface area contributed by atoms with Crippen molar-refractivity contribution in [3.05, 3.63) is 22.2 Å². The number of hydrogen-bond donors (Lipinski definition) is 1. The Morgan fingerprint density at radius 1 is 1.55 bits per heavy atom. The zero-order valence-corrected chi connectivity index (χ0v) is 12.7. The summed E-state index contributed by atoms with van der Waals surface area (Å²) in [5.74, 6) is 2.32. The lowest BCUT2D eigenvalue weighted by Crippen LogP contribution is -2.38. The van der Waals surface area contributed by atoms with E-state index in [2.05, 4.69) is 22.1 Å². The smallest absolute Gasteiger partial charge is 0.276 e. The lowest BCUT2D eigenvalue weighted by molar-refractivity contribution is -0.384. The minimum absolute atomic E-state index is 0.0947. The summed E-state index contributed by atoms with van der Waals surface area (Å²) in [6.45, 7) is 6.61. The van der Waals surface area contributed by atoms with E-state index in [9.17, 15) is 10.1 Å². The normalized spacial score (nSPS) is 18.9. The van der Waals surface area contributed by atoms with Crippen molar-refractivity contribution in [3.63, 3.8) is 0 Å². The van der Waals surface area contributed by atoms with Crippen LogP contribution in [0.2, 0.25) is 0 Å². The summed E-state index contributed by atoms with van der Waals surface area (Å²) >= 11 is 1.97. The molecule has 0 aliphatic carbocycles. The Labute approximate surface area is 123 Å². The largest absolute Gasteiger partial charge is 0.370 e. The molecular formula is C13H20N4O2S. The average molecular weight is 296 g/mol. The van der Waals surface area contributed by atoms with E-state index in [1.54, 1.807) is 6.07 Å². The monoisotopic (exact) mass is 296 g/mol. The number of nitro groups is 1. The topological polar surface area (TPSA) is 71.3 Å². The van der Waals surface area contributed by atoms with E-state index in [0.717, 1.165) is 25.3 Å². The Hall–Kier alpha value is -1.50. The van der Waals surface area contributed by atoms with Crippen molar-refractivity contribution in [1.29, 1.82) is 0 Å². The third kappa shape index (κ3) is 3.53. The minimum atomic E-state index is -0.359. The number of pyridine rings is 1. The molecule has 6 nitrogen and oxygen atoms in total. The van der Waals surface area contributed by atoms with Crippen LogP contribution in [-0.4, -0.2) is 40.5 Å². The van der Waals surface area contributed by atoms with Crippen LogP contribution in [0.5, 0.6) is 0 Å². The fourth-order valence-electron chi connectivity index (χ4n) is 2.22. The van der Waals surface area contributed by atoms with E-state index < -0.39 is 0 Å². The fraction of sp³-hybridized carbons (Fsp3) is 0.615. The molecule has 2 rings (SSSR count). The predicted molar refractivity (Wildman–Crippen MR) is 83.8 cm³/mol. The average Bonchev–Trinajstić information content (AvgIpc) is 2.47. The van der Waals surface area contributed by atoms with Gasteiger partial charge in [0.15, 0.2) is 0 Å². The van der Waals surface area contributed by atoms with E-state index in [4.69, 9.17) is 0 Å². The second-order valence-electron chi connectivity index (χ2n) is 4.70. The van der Waals surface area contributed by atoms with Gasteiger partial charge in [-0.25, -0.2) is 4.98 Å². The first-order chi connectivity index (χ1) is 9.63. The van der Waals surface area contributed by atoms with Crippen LogP contribution in [0.3, 0.4) is 0 Å². The zero-order chi connectivity index (χ0) is 14.5. The van der Waals surface area contributed by atoms with Crippen LogP contribution >= 0.6 is 11.8 Å². The van der Waals surface area contributed by atoms with Gasteiger partial charge in [-0.05, 0) is 13.3 Å². The van der Waals surface area contributed by atoms with Crippen LogP contribution in [0.4, 0.5) is 17.3 Å². The summed E-state index contributed by atoms with van der Waals surface area (Å²) in [6.07, 6.45) is 1.11. The molecular weight excluding hydrogens is 276 g/mol. The highest BCUT2D eigenvalue weighted by Crippen LogP contribution is 2.28. The molecule has 1 aromatic rings. The molecule has 0 radical (unpaired) electrons. The minimum Gasteiger partial charge on any atom is -0.370 e. The Balaban J connectivity index is 2.27. The molecule has 0 spiro atoms. The van der Waals surface area contributed by atoms with E-state index in [-0.39, 0.29) is 10.6 Å². The number of nitrogens with one attached hydrogen (secondary N) is 1. The predicted octanol–water partition coefficient (Wildman–Crippen LogP) is 2.75. The molecule has 0 saturated carbocycles. The number of hydrogen-bond acceptors (Lipinski definition) is 6. The van der Waals surface area contributed by atoms with Gasteiger partial charge >= 0.3 is 0 Å². The molecule has 1 N–H and O–H groups in total. The SMILES string of the molecule is CCNc1cc([N+](=O)[O-])cc(N2CCSC(CC)C2)n1. The maximum Gasteiger partial charge on any atom is 0.276 e. The van der Waals surface area contributed by atoms with Crippen LogP contribution in [0.15, 0.2) is 12.1 Å². The zero-order valence-electron chi connectivity index (χ0n) is 11.8. The maximum atomic E-state index is 11.0. The van der Waals surface area contributed by atoms with Gasteiger partial charge in [0.2, 0.25) is 0 Å².